The SMILES string of the molecule is Cc1[c]c(C)cc(F)c1. The number of rotatable bonds is 0. The third-order valence-electron chi connectivity index (χ3n) is 1.10. The maximum absolute atomic E-state index is 12.4. The monoisotopic (exact) mass is 123 g/mol. The molecule has 0 bridgehead atoms. The van der Waals surface area contributed by atoms with Gasteiger partial charge in [0.15, 0.2) is 0 Å². The minimum atomic E-state index is -0.177. The molecule has 0 aliphatic heterocycles. The summed E-state index contributed by atoms with van der Waals surface area (Å²) in [5, 5.41) is 0. The summed E-state index contributed by atoms with van der Waals surface area (Å²) in [5.41, 5.74) is 1.71. The average molecular weight is 123 g/mol. The van der Waals surface area contributed by atoms with Gasteiger partial charge in [0.25, 0.3) is 0 Å². The Kier molecular flexibility index (Phi) is 1.52. The van der Waals surface area contributed by atoms with Gasteiger partial charge in [-0.2, -0.15) is 0 Å². The van der Waals surface area contributed by atoms with Crippen molar-refractivity contribution in [2.75, 3.05) is 0 Å². The Morgan fingerprint density at radius 1 is 1.22 bits per heavy atom. The van der Waals surface area contributed by atoms with Gasteiger partial charge in [0.1, 0.15) is 5.82 Å². The van der Waals surface area contributed by atoms with Crippen molar-refractivity contribution in [1.82, 2.24) is 0 Å². The Morgan fingerprint density at radius 2 is 1.67 bits per heavy atom. The maximum atomic E-state index is 12.4. The summed E-state index contributed by atoms with van der Waals surface area (Å²) in [4.78, 5) is 0. The van der Waals surface area contributed by atoms with Gasteiger partial charge >= 0.3 is 0 Å². The first-order valence-electron chi connectivity index (χ1n) is 2.84. The topological polar surface area (TPSA) is 0 Å². The number of aryl methyl sites for hydroxylation is 2. The molecule has 0 aliphatic rings. The van der Waals surface area contributed by atoms with Crippen LogP contribution in [0.2, 0.25) is 0 Å². The van der Waals surface area contributed by atoms with E-state index in [1.54, 1.807) is 0 Å². The van der Waals surface area contributed by atoms with Crippen molar-refractivity contribution in [1.29, 1.82) is 0 Å². The Labute approximate surface area is 54.3 Å². The van der Waals surface area contributed by atoms with Gasteiger partial charge in [0.2, 0.25) is 0 Å². The number of halogens is 1. The lowest BCUT2D eigenvalue weighted by atomic mass is 10.2. The van der Waals surface area contributed by atoms with Crippen molar-refractivity contribution in [3.63, 3.8) is 0 Å². The molecule has 1 rings (SSSR count). The van der Waals surface area contributed by atoms with Crippen LogP contribution in [-0.2, 0) is 0 Å². The third kappa shape index (κ3) is 1.53. The molecule has 1 heteroatoms. The molecule has 0 spiro atoms. The summed E-state index contributed by atoms with van der Waals surface area (Å²) in [6.07, 6.45) is 0. The van der Waals surface area contributed by atoms with E-state index in [1.165, 1.54) is 12.1 Å². The van der Waals surface area contributed by atoms with E-state index in [0.29, 0.717) is 0 Å². The summed E-state index contributed by atoms with van der Waals surface area (Å²) in [6, 6.07) is 5.90. The van der Waals surface area contributed by atoms with Crippen molar-refractivity contribution >= 4 is 0 Å². The van der Waals surface area contributed by atoms with E-state index in [1.807, 2.05) is 13.8 Å². The maximum Gasteiger partial charge on any atom is 0.123 e. The molecule has 0 nitrogen and oxygen atoms in total. The molecule has 9 heavy (non-hydrogen) atoms. The van der Waals surface area contributed by atoms with Crippen LogP contribution >= 0.6 is 0 Å². The van der Waals surface area contributed by atoms with Gasteiger partial charge in [-0.3, -0.25) is 0 Å². The third-order valence-corrected chi connectivity index (χ3v) is 1.10. The summed E-state index contributed by atoms with van der Waals surface area (Å²) in [7, 11) is 0. The van der Waals surface area contributed by atoms with Gasteiger partial charge < -0.3 is 0 Å². The fraction of sp³-hybridized carbons (Fsp3) is 0.250. The first-order valence-corrected chi connectivity index (χ1v) is 2.84. The lowest BCUT2D eigenvalue weighted by Gasteiger charge is -1.93. The first-order chi connectivity index (χ1) is 4.18. The molecule has 0 aromatic heterocycles. The zero-order valence-corrected chi connectivity index (χ0v) is 5.53. The largest absolute Gasteiger partial charge is 0.207 e. The van der Waals surface area contributed by atoms with E-state index < -0.39 is 0 Å². The standard InChI is InChI=1S/C8H8F/c1-6-3-7(2)5-8(9)4-6/h4-5H,1-2H3. The van der Waals surface area contributed by atoms with Crippen LogP contribution in [0.1, 0.15) is 11.1 Å². The molecule has 0 aliphatic carbocycles. The Hall–Kier alpha value is -0.850. The average Bonchev–Trinajstić information content (AvgIpc) is 1.59. The van der Waals surface area contributed by atoms with Crippen molar-refractivity contribution in [3.8, 4) is 0 Å². The predicted octanol–water partition coefficient (Wildman–Crippen LogP) is 2.24. The summed E-state index contributed by atoms with van der Waals surface area (Å²) in [6.45, 7) is 3.66. The molecule has 1 radical (unpaired) electrons. The van der Waals surface area contributed by atoms with E-state index in [4.69, 9.17) is 0 Å². The second-order valence-electron chi connectivity index (χ2n) is 2.16. The van der Waals surface area contributed by atoms with Gasteiger partial charge in [-0.25, -0.2) is 4.39 Å². The van der Waals surface area contributed by atoms with Crippen LogP contribution in [0.3, 0.4) is 0 Å². The smallest absolute Gasteiger partial charge is 0.123 e. The van der Waals surface area contributed by atoms with Crippen LogP contribution in [0.25, 0.3) is 0 Å². The Bertz CT molecular complexity index is 165. The second-order valence-corrected chi connectivity index (χ2v) is 2.16. The first kappa shape index (κ1) is 6.27. The minimum absolute atomic E-state index is 0.177. The second kappa shape index (κ2) is 2.18. The highest BCUT2D eigenvalue weighted by atomic mass is 19.1. The lowest BCUT2D eigenvalue weighted by Crippen LogP contribution is -1.80. The predicted molar refractivity (Wildman–Crippen MR) is 34.7 cm³/mol. The Morgan fingerprint density at radius 3 is 2.00 bits per heavy atom. The fourth-order valence-electron chi connectivity index (χ4n) is 0.839. The van der Waals surface area contributed by atoms with Gasteiger partial charge in [-0.1, -0.05) is 0 Å². The number of benzene rings is 1. The molecule has 0 fully saturated rings. The summed E-state index contributed by atoms with van der Waals surface area (Å²) < 4.78 is 12.4. The van der Waals surface area contributed by atoms with Crippen LogP contribution in [0.15, 0.2) is 12.1 Å². The molecule has 47 valence electrons. The van der Waals surface area contributed by atoms with Gasteiger partial charge in [-0.05, 0) is 43.2 Å². The van der Waals surface area contributed by atoms with E-state index in [-0.39, 0.29) is 5.82 Å². The molecule has 0 saturated heterocycles. The Balaban J connectivity index is 3.17. The van der Waals surface area contributed by atoms with Crippen LogP contribution in [0.5, 0.6) is 0 Å². The van der Waals surface area contributed by atoms with Gasteiger partial charge in [0.05, 0.1) is 0 Å². The zero-order valence-electron chi connectivity index (χ0n) is 5.53. The van der Waals surface area contributed by atoms with Crippen molar-refractivity contribution in [3.05, 3.63) is 35.1 Å². The molecular weight excluding hydrogens is 115 g/mol. The molecule has 0 N–H and O–H groups in total. The van der Waals surface area contributed by atoms with E-state index in [0.717, 1.165) is 11.1 Å². The van der Waals surface area contributed by atoms with Crippen LogP contribution < -0.4 is 0 Å². The fourth-order valence-corrected chi connectivity index (χ4v) is 0.839. The molecule has 1 aromatic carbocycles. The molecule has 0 unspecified atom stereocenters. The molecular formula is C8H8F. The molecule has 0 atom stereocenters. The normalized spacial score (nSPS) is 9.67. The van der Waals surface area contributed by atoms with Gasteiger partial charge in [-0.15, -0.1) is 0 Å². The van der Waals surface area contributed by atoms with Crippen molar-refractivity contribution in [2.45, 2.75) is 13.8 Å². The summed E-state index contributed by atoms with van der Waals surface area (Å²) in [5.74, 6) is -0.177. The highest BCUT2D eigenvalue weighted by Gasteiger charge is 1.91. The number of hydrogen-bond donors (Lipinski definition) is 0. The van der Waals surface area contributed by atoms with E-state index in [2.05, 4.69) is 6.07 Å². The molecule has 0 saturated carbocycles. The van der Waals surface area contributed by atoms with Crippen LogP contribution in [-0.4, -0.2) is 0 Å². The van der Waals surface area contributed by atoms with E-state index >= 15 is 0 Å². The van der Waals surface area contributed by atoms with Gasteiger partial charge in [0, 0.05) is 0 Å². The van der Waals surface area contributed by atoms with Crippen molar-refractivity contribution in [2.24, 2.45) is 0 Å². The molecule has 1 aromatic rings. The lowest BCUT2D eigenvalue weighted by molar-refractivity contribution is 0.625. The van der Waals surface area contributed by atoms with Crippen molar-refractivity contribution < 1.29 is 4.39 Å². The summed E-state index contributed by atoms with van der Waals surface area (Å²) >= 11 is 0. The van der Waals surface area contributed by atoms with Crippen LogP contribution in [0.4, 0.5) is 4.39 Å². The number of hydrogen-bond acceptors (Lipinski definition) is 0. The zero-order chi connectivity index (χ0) is 6.85. The highest BCUT2D eigenvalue weighted by molar-refractivity contribution is 5.20. The minimum Gasteiger partial charge on any atom is -0.207 e. The van der Waals surface area contributed by atoms with E-state index in [9.17, 15) is 4.39 Å². The molecule has 0 heterocycles. The molecule has 0 amide bonds. The quantitative estimate of drug-likeness (QED) is 0.496. The van der Waals surface area contributed by atoms with Crippen LogP contribution in [0, 0.1) is 25.7 Å². The highest BCUT2D eigenvalue weighted by Crippen LogP contribution is 2.04.